The van der Waals surface area contributed by atoms with E-state index in [9.17, 15) is 0 Å². The van der Waals surface area contributed by atoms with Gasteiger partial charge in [0.1, 0.15) is 0 Å². The fourth-order valence-electron chi connectivity index (χ4n) is 3.44. The Morgan fingerprint density at radius 2 is 2.06 bits per heavy atom. The third kappa shape index (κ3) is 3.45. The van der Waals surface area contributed by atoms with Crippen LogP contribution in [0.3, 0.4) is 0 Å². The van der Waals surface area contributed by atoms with Gasteiger partial charge in [0.15, 0.2) is 0 Å². The Kier molecular flexibility index (Phi) is 4.87. The predicted molar refractivity (Wildman–Crippen MR) is 74.2 cm³/mol. The summed E-state index contributed by atoms with van der Waals surface area (Å²) in [4.78, 5) is 2.76. The van der Waals surface area contributed by atoms with Crippen molar-refractivity contribution in [3.63, 3.8) is 0 Å². The van der Waals surface area contributed by atoms with Crippen LogP contribution >= 0.6 is 0 Å². The van der Waals surface area contributed by atoms with Crippen molar-refractivity contribution in [3.05, 3.63) is 0 Å². The number of piperidine rings is 1. The molecule has 1 aliphatic heterocycles. The van der Waals surface area contributed by atoms with Crippen molar-refractivity contribution < 1.29 is 0 Å². The average molecular weight is 238 g/mol. The Hall–Kier alpha value is -0.0800. The summed E-state index contributed by atoms with van der Waals surface area (Å²) in [6.45, 7) is 10.9. The van der Waals surface area contributed by atoms with E-state index in [1.54, 1.807) is 0 Å². The molecule has 3 atom stereocenters. The van der Waals surface area contributed by atoms with Crippen LogP contribution in [0.4, 0.5) is 0 Å². The van der Waals surface area contributed by atoms with Crippen molar-refractivity contribution in [2.24, 2.45) is 11.8 Å². The first-order valence-electron chi connectivity index (χ1n) is 7.68. The Balaban J connectivity index is 1.83. The van der Waals surface area contributed by atoms with Gasteiger partial charge in [0, 0.05) is 25.2 Å². The maximum Gasteiger partial charge on any atom is 0.0198 e. The van der Waals surface area contributed by atoms with Crippen molar-refractivity contribution in [1.29, 1.82) is 0 Å². The first-order valence-corrected chi connectivity index (χ1v) is 7.68. The van der Waals surface area contributed by atoms with Crippen LogP contribution in [0.5, 0.6) is 0 Å². The van der Waals surface area contributed by atoms with Gasteiger partial charge in [0.25, 0.3) is 0 Å². The zero-order chi connectivity index (χ0) is 12.3. The average Bonchev–Trinajstić information content (AvgIpc) is 2.23. The van der Waals surface area contributed by atoms with Gasteiger partial charge in [-0.15, -0.1) is 0 Å². The monoisotopic (exact) mass is 238 g/mol. The van der Waals surface area contributed by atoms with E-state index >= 15 is 0 Å². The lowest BCUT2D eigenvalue weighted by molar-refractivity contribution is 0.0559. The Labute approximate surface area is 107 Å². The molecule has 3 unspecified atom stereocenters. The van der Waals surface area contributed by atoms with Crippen LogP contribution in [-0.4, -0.2) is 36.6 Å². The maximum absolute atomic E-state index is 3.72. The molecule has 2 aliphatic rings. The zero-order valence-corrected chi connectivity index (χ0v) is 11.9. The van der Waals surface area contributed by atoms with E-state index in [2.05, 4.69) is 31.0 Å². The van der Waals surface area contributed by atoms with Crippen molar-refractivity contribution in [3.8, 4) is 0 Å². The van der Waals surface area contributed by atoms with E-state index in [0.29, 0.717) is 0 Å². The molecular formula is C15H30N2. The molecule has 1 aliphatic carbocycles. The molecule has 2 nitrogen and oxygen atoms in total. The molecule has 0 aromatic heterocycles. The Bertz CT molecular complexity index is 225. The van der Waals surface area contributed by atoms with Gasteiger partial charge in [0.2, 0.25) is 0 Å². The molecule has 100 valence electrons. The first kappa shape index (κ1) is 13.4. The second-order valence-corrected chi connectivity index (χ2v) is 6.38. The van der Waals surface area contributed by atoms with Crippen LogP contribution < -0.4 is 5.32 Å². The van der Waals surface area contributed by atoms with Gasteiger partial charge in [-0.2, -0.15) is 0 Å². The minimum atomic E-state index is 0.737. The van der Waals surface area contributed by atoms with E-state index in [0.717, 1.165) is 23.9 Å². The maximum atomic E-state index is 3.72. The number of hydrogen-bond donors (Lipinski definition) is 1. The van der Waals surface area contributed by atoms with Crippen LogP contribution in [-0.2, 0) is 0 Å². The summed E-state index contributed by atoms with van der Waals surface area (Å²) in [7, 11) is 0. The van der Waals surface area contributed by atoms with Crippen LogP contribution in [0.15, 0.2) is 0 Å². The largest absolute Gasteiger partial charge is 0.313 e. The van der Waals surface area contributed by atoms with Gasteiger partial charge >= 0.3 is 0 Å². The molecule has 2 heteroatoms. The lowest BCUT2D eigenvalue weighted by atomic mass is 9.79. The predicted octanol–water partition coefficient (Wildman–Crippen LogP) is 2.89. The summed E-state index contributed by atoms with van der Waals surface area (Å²) in [6, 6.07) is 1.55. The normalized spacial score (nSPS) is 33.4. The van der Waals surface area contributed by atoms with Crippen molar-refractivity contribution in [1.82, 2.24) is 10.2 Å². The molecule has 0 amide bonds. The van der Waals surface area contributed by atoms with Crippen LogP contribution in [0.1, 0.15) is 52.9 Å². The topological polar surface area (TPSA) is 15.3 Å². The minimum Gasteiger partial charge on any atom is -0.313 e. The highest BCUT2D eigenvalue weighted by atomic mass is 15.2. The van der Waals surface area contributed by atoms with E-state index < -0.39 is 0 Å². The van der Waals surface area contributed by atoms with Crippen LogP contribution in [0.25, 0.3) is 0 Å². The number of hydrogen-bond acceptors (Lipinski definition) is 2. The van der Waals surface area contributed by atoms with Gasteiger partial charge < -0.3 is 5.32 Å². The van der Waals surface area contributed by atoms with Gasteiger partial charge in [-0.25, -0.2) is 0 Å². The summed E-state index contributed by atoms with van der Waals surface area (Å²) in [5, 5.41) is 3.72. The Morgan fingerprint density at radius 1 is 1.29 bits per heavy atom. The van der Waals surface area contributed by atoms with Crippen molar-refractivity contribution in [2.75, 3.05) is 19.6 Å². The molecule has 0 spiro atoms. The zero-order valence-electron chi connectivity index (χ0n) is 11.9. The molecule has 1 saturated carbocycles. The van der Waals surface area contributed by atoms with E-state index in [4.69, 9.17) is 0 Å². The number of nitrogens with one attached hydrogen (secondary N) is 1. The van der Waals surface area contributed by atoms with Crippen molar-refractivity contribution in [2.45, 2.75) is 65.0 Å². The summed E-state index contributed by atoms with van der Waals surface area (Å²) < 4.78 is 0. The van der Waals surface area contributed by atoms with Gasteiger partial charge in [-0.05, 0) is 51.0 Å². The second kappa shape index (κ2) is 6.19. The SMILES string of the molecule is CCCNC1CC(C)CN(C(C)C2CCC2)C1. The minimum absolute atomic E-state index is 0.737. The second-order valence-electron chi connectivity index (χ2n) is 6.38. The molecule has 0 aromatic carbocycles. The summed E-state index contributed by atoms with van der Waals surface area (Å²) >= 11 is 0. The quantitative estimate of drug-likeness (QED) is 0.792. The molecular weight excluding hydrogens is 208 g/mol. The molecule has 0 bridgehead atoms. The molecule has 0 radical (unpaired) electrons. The lowest BCUT2D eigenvalue weighted by Crippen LogP contribution is -2.54. The van der Waals surface area contributed by atoms with Gasteiger partial charge in [-0.1, -0.05) is 20.3 Å². The van der Waals surface area contributed by atoms with Gasteiger partial charge in [0.05, 0.1) is 0 Å². The van der Waals surface area contributed by atoms with Crippen LogP contribution in [0, 0.1) is 11.8 Å². The highest BCUT2D eigenvalue weighted by molar-refractivity contribution is 4.88. The molecule has 1 heterocycles. The molecule has 1 saturated heterocycles. The fraction of sp³-hybridized carbons (Fsp3) is 1.00. The molecule has 17 heavy (non-hydrogen) atoms. The molecule has 2 rings (SSSR count). The number of rotatable bonds is 5. The number of nitrogens with zero attached hydrogens (tertiary/aromatic N) is 1. The van der Waals surface area contributed by atoms with E-state index in [1.165, 1.54) is 51.7 Å². The third-order valence-electron chi connectivity index (χ3n) is 4.78. The summed E-state index contributed by atoms with van der Waals surface area (Å²) in [5.41, 5.74) is 0. The van der Waals surface area contributed by atoms with Gasteiger partial charge in [-0.3, -0.25) is 4.90 Å². The summed E-state index contributed by atoms with van der Waals surface area (Å²) in [5.74, 6) is 1.85. The van der Waals surface area contributed by atoms with E-state index in [1.807, 2.05) is 0 Å². The Morgan fingerprint density at radius 3 is 2.65 bits per heavy atom. The highest BCUT2D eigenvalue weighted by Gasteiger charge is 2.33. The molecule has 0 aromatic rings. The lowest BCUT2D eigenvalue weighted by Gasteiger charge is -2.45. The highest BCUT2D eigenvalue weighted by Crippen LogP contribution is 2.33. The summed E-state index contributed by atoms with van der Waals surface area (Å²) in [6.07, 6.45) is 7.03. The standard InChI is InChI=1S/C15H30N2/c1-4-8-16-15-9-12(2)10-17(11-15)13(3)14-6-5-7-14/h12-16H,4-11H2,1-3H3. The third-order valence-corrected chi connectivity index (χ3v) is 4.78. The molecule has 1 N–H and O–H groups in total. The van der Waals surface area contributed by atoms with E-state index in [-0.39, 0.29) is 0 Å². The van der Waals surface area contributed by atoms with Crippen molar-refractivity contribution >= 4 is 0 Å². The fourth-order valence-corrected chi connectivity index (χ4v) is 3.44. The first-order chi connectivity index (χ1) is 8.20. The number of likely N-dealkylation sites (tertiary alicyclic amines) is 1. The smallest absolute Gasteiger partial charge is 0.0198 e. The molecule has 2 fully saturated rings. The van der Waals surface area contributed by atoms with Crippen LogP contribution in [0.2, 0.25) is 0 Å².